The zero-order chi connectivity index (χ0) is 10.8. The van der Waals surface area contributed by atoms with Crippen molar-refractivity contribution in [3.8, 4) is 0 Å². The Labute approximate surface area is 110 Å². The van der Waals surface area contributed by atoms with E-state index >= 15 is 0 Å². The van der Waals surface area contributed by atoms with Gasteiger partial charge in [-0.3, -0.25) is 0 Å². The topological polar surface area (TPSA) is 12.0 Å². The standard InChI is InChI=1S/C10H22NS.BrH.Sn/c1-5-11-8-9(3)7-10(4)12-6-2;;/h9-11H,4-8H2,1-3H3;1H;/q;;+1/p-1. The van der Waals surface area contributed by atoms with E-state index in [0.717, 1.165) is 17.7 Å². The molecule has 1 nitrogen and oxygen atoms in total. The molecule has 0 aromatic carbocycles. The van der Waals surface area contributed by atoms with Crippen LogP contribution in [0.1, 0.15) is 27.2 Å². The van der Waals surface area contributed by atoms with E-state index in [1.165, 1.54) is 23.2 Å². The van der Waals surface area contributed by atoms with Crippen LogP contribution in [0.2, 0.25) is 4.44 Å². The van der Waals surface area contributed by atoms with Gasteiger partial charge in [0.1, 0.15) is 0 Å². The second kappa shape index (κ2) is 11.1. The third-order valence-electron chi connectivity index (χ3n) is 2.12. The van der Waals surface area contributed by atoms with Crippen LogP contribution >= 0.6 is 24.5 Å². The molecule has 84 valence electrons. The summed E-state index contributed by atoms with van der Waals surface area (Å²) in [6.45, 7) is 9.10. The van der Waals surface area contributed by atoms with Crippen LogP contribution in [0.15, 0.2) is 0 Å². The van der Waals surface area contributed by atoms with Gasteiger partial charge >= 0.3 is 110 Å². The summed E-state index contributed by atoms with van der Waals surface area (Å²) < 4.78 is 1.47. The van der Waals surface area contributed by atoms with Gasteiger partial charge in [0.15, 0.2) is 0 Å². The fourth-order valence-electron chi connectivity index (χ4n) is 1.45. The maximum absolute atomic E-state index is 3.70. The van der Waals surface area contributed by atoms with Crippen molar-refractivity contribution in [2.24, 2.45) is 5.92 Å². The Balaban J connectivity index is 3.64. The number of halogens is 1. The second-order valence-electron chi connectivity index (χ2n) is 3.56. The van der Waals surface area contributed by atoms with Crippen molar-refractivity contribution in [1.82, 2.24) is 5.32 Å². The minimum atomic E-state index is -0.187. The van der Waals surface area contributed by atoms with Gasteiger partial charge in [0, 0.05) is 0 Å². The first-order chi connectivity index (χ1) is 6.74. The predicted molar refractivity (Wildman–Crippen MR) is 73.7 cm³/mol. The fourth-order valence-corrected chi connectivity index (χ4v) is 9.10. The number of nitrogens with one attached hydrogen (secondary N) is 1. The van der Waals surface area contributed by atoms with E-state index in [0.29, 0.717) is 0 Å². The monoisotopic (exact) mass is 387 g/mol. The zero-order valence-electron chi connectivity index (χ0n) is 9.48. The second-order valence-corrected chi connectivity index (χ2v) is 10.8. The molecule has 0 aromatic heterocycles. The molecule has 1 N–H and O–H groups in total. The molecular weight excluding hydrogens is 365 g/mol. The van der Waals surface area contributed by atoms with E-state index in [4.69, 9.17) is 0 Å². The Morgan fingerprint density at radius 2 is 2.14 bits per heavy atom. The molecule has 0 spiro atoms. The summed E-state index contributed by atoms with van der Waals surface area (Å²) in [5, 5.41) is 4.35. The van der Waals surface area contributed by atoms with Gasteiger partial charge in [0.05, 0.1) is 0 Å². The van der Waals surface area contributed by atoms with Crippen molar-refractivity contribution in [3.05, 3.63) is 0 Å². The zero-order valence-corrected chi connectivity index (χ0v) is 14.7. The van der Waals surface area contributed by atoms with Crippen LogP contribution in [0, 0.1) is 5.92 Å². The van der Waals surface area contributed by atoms with Gasteiger partial charge in [-0.25, -0.2) is 0 Å². The molecule has 2 atom stereocenters. The molecule has 4 heteroatoms. The third kappa shape index (κ3) is 8.86. The maximum atomic E-state index is 3.70. The van der Waals surface area contributed by atoms with Crippen LogP contribution in [-0.2, 0) is 0 Å². The van der Waals surface area contributed by atoms with Gasteiger partial charge in [-0.1, -0.05) is 0 Å². The van der Waals surface area contributed by atoms with Gasteiger partial charge < -0.3 is 0 Å². The summed E-state index contributed by atoms with van der Waals surface area (Å²) in [6, 6.07) is 0. The molecule has 0 rings (SSSR count). The van der Waals surface area contributed by atoms with Gasteiger partial charge in [0.25, 0.3) is 0 Å². The SMILES string of the molecule is CCNCC(C)CC([CH2][Sn][Br])SCC. The molecule has 0 fully saturated rings. The van der Waals surface area contributed by atoms with E-state index in [1.807, 2.05) is 0 Å². The Morgan fingerprint density at radius 1 is 1.43 bits per heavy atom. The van der Waals surface area contributed by atoms with Crippen LogP contribution in [0.5, 0.6) is 0 Å². The van der Waals surface area contributed by atoms with E-state index in [9.17, 15) is 0 Å². The Kier molecular flexibility index (Phi) is 12.3. The molecule has 0 heterocycles. The van der Waals surface area contributed by atoms with Crippen molar-refractivity contribution < 1.29 is 0 Å². The summed E-state index contributed by atoms with van der Waals surface area (Å²) in [5.74, 6) is 2.10. The molecule has 0 aliphatic rings. The molecule has 0 aliphatic carbocycles. The Bertz CT molecular complexity index is 121. The molecule has 14 heavy (non-hydrogen) atoms. The van der Waals surface area contributed by atoms with Gasteiger partial charge in [-0.05, 0) is 0 Å². The van der Waals surface area contributed by atoms with Crippen molar-refractivity contribution >= 4 is 43.4 Å². The summed E-state index contributed by atoms with van der Waals surface area (Å²) in [6.07, 6.45) is 1.39. The van der Waals surface area contributed by atoms with Gasteiger partial charge in [0.2, 0.25) is 0 Å². The molecular formula is C10H22BrNSSn. The number of hydrogen-bond donors (Lipinski definition) is 1. The molecule has 2 radical (unpaired) electrons. The molecule has 0 aromatic rings. The average Bonchev–Trinajstić information content (AvgIpc) is 2.15. The molecule has 0 amide bonds. The first-order valence-electron chi connectivity index (χ1n) is 5.40. The quantitative estimate of drug-likeness (QED) is 0.611. The third-order valence-corrected chi connectivity index (χ3v) is 8.14. The normalized spacial score (nSPS) is 15.4. The van der Waals surface area contributed by atoms with Crippen molar-refractivity contribution in [2.45, 2.75) is 36.9 Å². The summed E-state index contributed by atoms with van der Waals surface area (Å²) in [7, 11) is 0. The number of hydrogen-bond acceptors (Lipinski definition) is 2. The first-order valence-corrected chi connectivity index (χ1v) is 14.9. The number of thioether (sulfide) groups is 1. The first kappa shape index (κ1) is 15.6. The number of rotatable bonds is 9. The molecule has 0 saturated carbocycles. The van der Waals surface area contributed by atoms with E-state index in [1.54, 1.807) is 0 Å². The summed E-state index contributed by atoms with van der Waals surface area (Å²) in [4.78, 5) is 0. The molecule has 0 saturated heterocycles. The summed E-state index contributed by atoms with van der Waals surface area (Å²) in [5.41, 5.74) is 0. The Morgan fingerprint density at radius 3 is 2.64 bits per heavy atom. The predicted octanol–water partition coefficient (Wildman–Crippen LogP) is 3.18. The van der Waals surface area contributed by atoms with Crippen molar-refractivity contribution in [3.63, 3.8) is 0 Å². The van der Waals surface area contributed by atoms with E-state index in [-0.39, 0.29) is 18.9 Å². The average molecular weight is 387 g/mol. The fraction of sp³-hybridized carbons (Fsp3) is 1.00. The van der Waals surface area contributed by atoms with Crippen LogP contribution in [0.4, 0.5) is 0 Å². The van der Waals surface area contributed by atoms with E-state index in [2.05, 4.69) is 50.6 Å². The summed E-state index contributed by atoms with van der Waals surface area (Å²) >= 11 is 5.66. The molecule has 0 bridgehead atoms. The van der Waals surface area contributed by atoms with Gasteiger partial charge in [-0.15, -0.1) is 0 Å². The van der Waals surface area contributed by atoms with Crippen LogP contribution in [0.25, 0.3) is 0 Å². The molecule has 2 unspecified atom stereocenters. The van der Waals surface area contributed by atoms with Crippen LogP contribution < -0.4 is 5.32 Å². The van der Waals surface area contributed by atoms with Crippen molar-refractivity contribution in [1.29, 1.82) is 0 Å². The van der Waals surface area contributed by atoms with Crippen LogP contribution in [-0.4, -0.2) is 43.0 Å². The van der Waals surface area contributed by atoms with Gasteiger partial charge in [-0.2, -0.15) is 0 Å². The van der Waals surface area contributed by atoms with E-state index < -0.39 is 0 Å². The van der Waals surface area contributed by atoms with Crippen LogP contribution in [0.3, 0.4) is 0 Å². The minimum absolute atomic E-state index is 0.187. The van der Waals surface area contributed by atoms with Crippen molar-refractivity contribution in [2.75, 3.05) is 18.8 Å². The molecule has 0 aliphatic heterocycles. The Hall–Kier alpha value is 1.59.